The van der Waals surface area contributed by atoms with Gasteiger partial charge in [-0.05, 0) is 43.3 Å². The maximum absolute atomic E-state index is 12.2. The topological polar surface area (TPSA) is 56.8 Å². The van der Waals surface area contributed by atoms with Crippen LogP contribution in [0.5, 0.6) is 17.2 Å². The number of benzene rings is 2. The fourth-order valence-electron chi connectivity index (χ4n) is 2.41. The van der Waals surface area contributed by atoms with Crippen LogP contribution in [0.2, 0.25) is 0 Å². The van der Waals surface area contributed by atoms with Gasteiger partial charge >= 0.3 is 0 Å². The van der Waals surface area contributed by atoms with Gasteiger partial charge in [-0.15, -0.1) is 0 Å². The third-order valence-corrected chi connectivity index (χ3v) is 3.99. The second kappa shape index (κ2) is 8.07. The van der Waals surface area contributed by atoms with Crippen LogP contribution in [0.1, 0.15) is 12.5 Å². The Morgan fingerprint density at radius 1 is 1.20 bits per heavy atom. The van der Waals surface area contributed by atoms with E-state index in [-0.39, 0.29) is 5.91 Å². The van der Waals surface area contributed by atoms with Gasteiger partial charge in [-0.2, -0.15) is 0 Å². The van der Waals surface area contributed by atoms with Crippen LogP contribution in [0.4, 0.5) is 5.69 Å². The molecule has 1 amide bonds. The van der Waals surface area contributed by atoms with Crippen LogP contribution >= 0.6 is 15.9 Å². The third-order valence-electron chi connectivity index (χ3n) is 3.50. The highest BCUT2D eigenvalue weighted by molar-refractivity contribution is 9.10. The summed E-state index contributed by atoms with van der Waals surface area (Å²) in [6, 6.07) is 11.0. The molecule has 0 spiro atoms. The first-order chi connectivity index (χ1) is 12.2. The lowest BCUT2D eigenvalue weighted by Crippen LogP contribution is -2.16. The summed E-state index contributed by atoms with van der Waals surface area (Å²) in [6.07, 6.45) is 3.20. The molecule has 0 atom stereocenters. The normalized spacial score (nSPS) is 12.9. The number of rotatable bonds is 5. The first kappa shape index (κ1) is 17.4. The zero-order valence-corrected chi connectivity index (χ0v) is 15.3. The van der Waals surface area contributed by atoms with Crippen molar-refractivity contribution in [1.82, 2.24) is 0 Å². The van der Waals surface area contributed by atoms with E-state index >= 15 is 0 Å². The van der Waals surface area contributed by atoms with Crippen molar-refractivity contribution in [2.24, 2.45) is 0 Å². The Bertz CT molecular complexity index is 804. The minimum Gasteiger partial charge on any atom is -0.493 e. The molecule has 0 unspecified atom stereocenters. The molecule has 2 aromatic carbocycles. The molecule has 3 rings (SSSR count). The van der Waals surface area contributed by atoms with Gasteiger partial charge in [0, 0.05) is 27.9 Å². The highest BCUT2D eigenvalue weighted by Crippen LogP contribution is 2.32. The Hall–Kier alpha value is -2.47. The molecule has 0 saturated carbocycles. The van der Waals surface area contributed by atoms with Gasteiger partial charge in [0.25, 0.3) is 0 Å². The molecule has 1 aliphatic heterocycles. The number of hydrogen-bond donors (Lipinski definition) is 1. The molecule has 0 bridgehead atoms. The average Bonchev–Trinajstić information content (AvgIpc) is 2.62. The van der Waals surface area contributed by atoms with Crippen molar-refractivity contribution in [3.63, 3.8) is 0 Å². The number of carbonyl (C=O) groups excluding carboxylic acids is 1. The standard InChI is InChI=1S/C19H18BrNO4/c1-2-23-16-6-4-14(20)11-13(16)3-8-19(22)21-15-5-7-17-18(12-15)25-10-9-24-17/h3-8,11-12H,2,9-10H2,1H3,(H,21,22). The van der Waals surface area contributed by atoms with Crippen molar-refractivity contribution in [2.75, 3.05) is 25.1 Å². The first-order valence-corrected chi connectivity index (χ1v) is 8.76. The van der Waals surface area contributed by atoms with E-state index < -0.39 is 0 Å². The summed E-state index contributed by atoms with van der Waals surface area (Å²) in [4.78, 5) is 12.2. The number of hydrogen-bond acceptors (Lipinski definition) is 4. The fourth-order valence-corrected chi connectivity index (χ4v) is 2.79. The summed E-state index contributed by atoms with van der Waals surface area (Å²) in [7, 11) is 0. The van der Waals surface area contributed by atoms with Gasteiger partial charge in [-0.3, -0.25) is 4.79 Å². The van der Waals surface area contributed by atoms with E-state index in [0.717, 1.165) is 15.8 Å². The van der Waals surface area contributed by atoms with E-state index in [2.05, 4.69) is 21.2 Å². The number of anilines is 1. The van der Waals surface area contributed by atoms with Gasteiger partial charge in [0.2, 0.25) is 5.91 Å². The lowest BCUT2D eigenvalue weighted by atomic mass is 10.2. The molecular formula is C19H18BrNO4. The Balaban J connectivity index is 1.70. The van der Waals surface area contributed by atoms with E-state index in [4.69, 9.17) is 14.2 Å². The molecule has 0 saturated heterocycles. The monoisotopic (exact) mass is 403 g/mol. The molecule has 130 valence electrons. The van der Waals surface area contributed by atoms with Gasteiger partial charge in [0.05, 0.1) is 6.61 Å². The Kier molecular flexibility index (Phi) is 5.60. The molecule has 25 heavy (non-hydrogen) atoms. The smallest absolute Gasteiger partial charge is 0.248 e. The van der Waals surface area contributed by atoms with Crippen molar-refractivity contribution in [3.05, 3.63) is 52.5 Å². The van der Waals surface area contributed by atoms with Crippen molar-refractivity contribution in [1.29, 1.82) is 0 Å². The Morgan fingerprint density at radius 3 is 2.80 bits per heavy atom. The predicted octanol–water partition coefficient (Wildman–Crippen LogP) is 4.27. The average molecular weight is 404 g/mol. The molecule has 0 aromatic heterocycles. The number of fused-ring (bicyclic) bond motifs is 1. The maximum atomic E-state index is 12.2. The first-order valence-electron chi connectivity index (χ1n) is 7.97. The van der Waals surface area contributed by atoms with Crippen molar-refractivity contribution in [2.45, 2.75) is 6.92 Å². The highest BCUT2D eigenvalue weighted by atomic mass is 79.9. The maximum Gasteiger partial charge on any atom is 0.248 e. The third kappa shape index (κ3) is 4.54. The summed E-state index contributed by atoms with van der Waals surface area (Å²) in [6.45, 7) is 3.53. The largest absolute Gasteiger partial charge is 0.493 e. The van der Waals surface area contributed by atoms with Gasteiger partial charge < -0.3 is 19.5 Å². The van der Waals surface area contributed by atoms with E-state index in [9.17, 15) is 4.79 Å². The second-order valence-electron chi connectivity index (χ2n) is 5.30. The molecule has 6 heteroatoms. The Morgan fingerprint density at radius 2 is 2.00 bits per heavy atom. The summed E-state index contributed by atoms with van der Waals surface area (Å²) in [5.41, 5.74) is 1.48. The molecule has 1 N–H and O–H groups in total. The van der Waals surface area contributed by atoms with Gasteiger partial charge in [0.1, 0.15) is 19.0 Å². The zero-order chi connectivity index (χ0) is 17.6. The number of halogens is 1. The number of carbonyl (C=O) groups is 1. The van der Waals surface area contributed by atoms with E-state index in [0.29, 0.717) is 37.0 Å². The quantitative estimate of drug-likeness (QED) is 0.757. The number of amides is 1. The van der Waals surface area contributed by atoms with Crippen molar-refractivity contribution in [3.8, 4) is 17.2 Å². The molecule has 0 aliphatic carbocycles. The molecule has 0 fully saturated rings. The van der Waals surface area contributed by atoms with Gasteiger partial charge in [-0.25, -0.2) is 0 Å². The molecule has 2 aromatic rings. The molecule has 5 nitrogen and oxygen atoms in total. The van der Waals surface area contributed by atoms with Gasteiger partial charge in [0.15, 0.2) is 11.5 Å². The molecule has 0 radical (unpaired) electrons. The van der Waals surface area contributed by atoms with Crippen LogP contribution < -0.4 is 19.5 Å². The lowest BCUT2D eigenvalue weighted by Gasteiger charge is -2.18. The second-order valence-corrected chi connectivity index (χ2v) is 6.21. The van der Waals surface area contributed by atoms with E-state index in [1.165, 1.54) is 6.08 Å². The molecule has 1 aliphatic rings. The molecule has 1 heterocycles. The highest BCUT2D eigenvalue weighted by Gasteiger charge is 2.12. The van der Waals surface area contributed by atoms with Gasteiger partial charge in [-0.1, -0.05) is 15.9 Å². The molecular weight excluding hydrogens is 386 g/mol. The summed E-state index contributed by atoms with van der Waals surface area (Å²) >= 11 is 3.43. The minimum atomic E-state index is -0.237. The zero-order valence-electron chi connectivity index (χ0n) is 13.8. The van der Waals surface area contributed by atoms with Crippen LogP contribution in [0.25, 0.3) is 6.08 Å². The fraction of sp³-hybridized carbons (Fsp3) is 0.211. The van der Waals surface area contributed by atoms with Crippen LogP contribution in [0.3, 0.4) is 0 Å². The summed E-state index contributed by atoms with van der Waals surface area (Å²) < 4.78 is 17.5. The number of nitrogens with one attached hydrogen (secondary N) is 1. The lowest BCUT2D eigenvalue weighted by molar-refractivity contribution is -0.111. The van der Waals surface area contributed by atoms with Crippen LogP contribution in [0.15, 0.2) is 46.9 Å². The van der Waals surface area contributed by atoms with Crippen LogP contribution in [-0.2, 0) is 4.79 Å². The minimum absolute atomic E-state index is 0.237. The van der Waals surface area contributed by atoms with Crippen molar-refractivity contribution >= 4 is 33.6 Å². The predicted molar refractivity (Wildman–Crippen MR) is 100 cm³/mol. The van der Waals surface area contributed by atoms with Crippen molar-refractivity contribution < 1.29 is 19.0 Å². The summed E-state index contributed by atoms with van der Waals surface area (Å²) in [5, 5.41) is 2.81. The van der Waals surface area contributed by atoms with Crippen LogP contribution in [-0.4, -0.2) is 25.7 Å². The van der Waals surface area contributed by atoms with E-state index in [1.54, 1.807) is 24.3 Å². The Labute approximate surface area is 154 Å². The summed E-state index contributed by atoms with van der Waals surface area (Å²) in [5.74, 6) is 1.82. The van der Waals surface area contributed by atoms with Crippen LogP contribution in [0, 0.1) is 0 Å². The number of ether oxygens (including phenoxy) is 3. The SMILES string of the molecule is CCOc1ccc(Br)cc1C=CC(=O)Nc1ccc2c(c1)OCCO2. The van der Waals surface area contributed by atoms with E-state index in [1.807, 2.05) is 25.1 Å².